The molecule has 0 saturated heterocycles. The van der Waals surface area contributed by atoms with Crippen LogP contribution >= 0.6 is 22.6 Å². The molecule has 0 aromatic heterocycles. The van der Waals surface area contributed by atoms with Gasteiger partial charge in [-0.05, 0) is 36.3 Å². The van der Waals surface area contributed by atoms with E-state index < -0.39 is 0 Å². The van der Waals surface area contributed by atoms with Crippen molar-refractivity contribution in [3.63, 3.8) is 0 Å². The van der Waals surface area contributed by atoms with Crippen LogP contribution < -0.4 is 0 Å². The summed E-state index contributed by atoms with van der Waals surface area (Å²) in [6.45, 7) is 0. The maximum Gasteiger partial charge on any atom is 0.0365 e. The van der Waals surface area contributed by atoms with Gasteiger partial charge in [-0.25, -0.2) is 0 Å². The summed E-state index contributed by atoms with van der Waals surface area (Å²) in [6.07, 6.45) is 8.74. The first-order chi connectivity index (χ1) is 7.84. The van der Waals surface area contributed by atoms with Gasteiger partial charge in [0, 0.05) is 3.92 Å². The normalized spacial score (nSPS) is 24.9. The maximum atomic E-state index is 2.61. The first kappa shape index (κ1) is 10.6. The number of hydrogen-bond donors (Lipinski definition) is 0. The van der Waals surface area contributed by atoms with Crippen LogP contribution in [0.5, 0.6) is 0 Å². The summed E-state index contributed by atoms with van der Waals surface area (Å²) in [5.41, 5.74) is 4.56. The van der Waals surface area contributed by atoms with Gasteiger partial charge in [-0.1, -0.05) is 70.6 Å². The predicted molar refractivity (Wildman–Crippen MR) is 77.7 cm³/mol. The summed E-state index contributed by atoms with van der Waals surface area (Å²) in [7, 11) is 0. The summed E-state index contributed by atoms with van der Waals surface area (Å²) < 4.78 is 0.713. The Balaban J connectivity index is 1.88. The highest BCUT2D eigenvalue weighted by atomic mass is 127. The molecule has 1 atom stereocenters. The molecular weight excluding hydrogens is 307 g/mol. The summed E-state index contributed by atoms with van der Waals surface area (Å²) in [4.78, 5) is 0. The van der Waals surface area contributed by atoms with Crippen molar-refractivity contribution in [3.05, 3.63) is 53.6 Å². The Hall–Kier alpha value is -0.570. The van der Waals surface area contributed by atoms with Crippen LogP contribution in [0, 0.1) is 5.92 Å². The van der Waals surface area contributed by atoms with Crippen LogP contribution in [0.1, 0.15) is 24.8 Å². The summed E-state index contributed by atoms with van der Waals surface area (Å²) in [6, 6.07) is 10.8. The summed E-state index contributed by atoms with van der Waals surface area (Å²) in [5, 5.41) is 0. The second-order valence-corrected chi connectivity index (χ2v) is 6.17. The molecule has 0 heterocycles. The second kappa shape index (κ2) is 4.36. The number of hydrogen-bond acceptors (Lipinski definition) is 0. The number of rotatable bonds is 2. The van der Waals surface area contributed by atoms with E-state index >= 15 is 0 Å². The van der Waals surface area contributed by atoms with Crippen LogP contribution in [0.2, 0.25) is 0 Å². The first-order valence-electron chi connectivity index (χ1n) is 5.95. The highest BCUT2D eigenvalue weighted by Gasteiger charge is 2.31. The Morgan fingerprint density at radius 2 is 1.75 bits per heavy atom. The minimum absolute atomic E-state index is 0.713. The smallest absolute Gasteiger partial charge is 0.0365 e. The van der Waals surface area contributed by atoms with Gasteiger partial charge in [0.25, 0.3) is 0 Å². The van der Waals surface area contributed by atoms with E-state index in [1.807, 2.05) is 0 Å². The van der Waals surface area contributed by atoms with E-state index in [2.05, 4.69) is 65.1 Å². The zero-order valence-electron chi connectivity index (χ0n) is 9.20. The molecule has 0 spiro atoms. The molecular formula is C15H15I. The minimum atomic E-state index is 0.713. The largest absolute Gasteiger partial charge is 0.0774 e. The van der Waals surface area contributed by atoms with Crippen LogP contribution in [0.25, 0.3) is 5.57 Å². The van der Waals surface area contributed by atoms with E-state index in [-0.39, 0.29) is 0 Å². The zero-order valence-corrected chi connectivity index (χ0v) is 11.4. The number of benzene rings is 1. The van der Waals surface area contributed by atoms with E-state index in [4.69, 9.17) is 0 Å². The van der Waals surface area contributed by atoms with Crippen LogP contribution in [0.3, 0.4) is 0 Å². The third-order valence-corrected chi connectivity index (χ3v) is 4.59. The minimum Gasteiger partial charge on any atom is -0.0774 e. The molecule has 2 aliphatic rings. The van der Waals surface area contributed by atoms with Gasteiger partial charge >= 0.3 is 0 Å². The molecule has 0 nitrogen and oxygen atoms in total. The Bertz CT molecular complexity index is 438. The van der Waals surface area contributed by atoms with Gasteiger partial charge in [0.1, 0.15) is 0 Å². The Morgan fingerprint density at radius 3 is 2.38 bits per heavy atom. The van der Waals surface area contributed by atoms with E-state index in [9.17, 15) is 0 Å². The van der Waals surface area contributed by atoms with Gasteiger partial charge in [0.15, 0.2) is 0 Å². The molecule has 1 saturated carbocycles. The molecule has 3 rings (SSSR count). The Morgan fingerprint density at radius 1 is 1.00 bits per heavy atom. The summed E-state index contributed by atoms with van der Waals surface area (Å²) in [5.74, 6) is 0.912. The molecule has 1 fully saturated rings. The molecule has 16 heavy (non-hydrogen) atoms. The SMILES string of the molecule is IC1CC(c2ccccc2)=CC=C1C1CC1. The number of halogens is 1. The fourth-order valence-corrected chi connectivity index (χ4v) is 3.55. The van der Waals surface area contributed by atoms with Crippen LogP contribution in [0.4, 0.5) is 0 Å². The summed E-state index contributed by atoms with van der Waals surface area (Å²) >= 11 is 2.61. The molecule has 1 aromatic rings. The lowest BCUT2D eigenvalue weighted by atomic mass is 9.91. The third-order valence-electron chi connectivity index (χ3n) is 3.43. The van der Waals surface area contributed by atoms with Gasteiger partial charge in [-0.3, -0.25) is 0 Å². The van der Waals surface area contributed by atoms with Crippen LogP contribution in [-0.2, 0) is 0 Å². The molecule has 0 radical (unpaired) electrons. The lowest BCUT2D eigenvalue weighted by Gasteiger charge is -2.20. The quantitative estimate of drug-likeness (QED) is 0.551. The predicted octanol–water partition coefficient (Wildman–Crippen LogP) is 4.61. The molecule has 2 aliphatic carbocycles. The molecule has 1 heteroatoms. The molecule has 0 amide bonds. The lowest BCUT2D eigenvalue weighted by molar-refractivity contribution is 0.894. The monoisotopic (exact) mass is 322 g/mol. The number of alkyl halides is 1. The van der Waals surface area contributed by atoms with Crippen LogP contribution in [-0.4, -0.2) is 3.92 Å². The van der Waals surface area contributed by atoms with E-state index in [1.54, 1.807) is 5.57 Å². The van der Waals surface area contributed by atoms with Crippen molar-refractivity contribution < 1.29 is 0 Å². The molecule has 0 N–H and O–H groups in total. The highest BCUT2D eigenvalue weighted by molar-refractivity contribution is 14.1. The van der Waals surface area contributed by atoms with E-state index in [1.165, 1.54) is 30.4 Å². The van der Waals surface area contributed by atoms with Crippen molar-refractivity contribution in [1.82, 2.24) is 0 Å². The molecule has 0 aliphatic heterocycles. The van der Waals surface area contributed by atoms with Gasteiger partial charge in [-0.2, -0.15) is 0 Å². The molecule has 0 bridgehead atoms. The number of allylic oxidation sites excluding steroid dienone is 4. The van der Waals surface area contributed by atoms with E-state index in [0.717, 1.165) is 5.92 Å². The van der Waals surface area contributed by atoms with E-state index in [0.29, 0.717) is 3.92 Å². The Labute approximate surface area is 111 Å². The zero-order chi connectivity index (χ0) is 11.0. The van der Waals surface area contributed by atoms with Crippen molar-refractivity contribution in [2.45, 2.75) is 23.2 Å². The Kier molecular flexibility index (Phi) is 2.88. The van der Waals surface area contributed by atoms with Gasteiger partial charge in [0.2, 0.25) is 0 Å². The maximum absolute atomic E-state index is 2.61. The topological polar surface area (TPSA) is 0 Å². The van der Waals surface area contributed by atoms with Gasteiger partial charge in [-0.15, -0.1) is 0 Å². The van der Waals surface area contributed by atoms with Crippen molar-refractivity contribution in [2.75, 3.05) is 0 Å². The van der Waals surface area contributed by atoms with Crippen molar-refractivity contribution >= 4 is 28.2 Å². The lowest BCUT2D eigenvalue weighted by Crippen LogP contribution is -2.08. The molecule has 1 aromatic carbocycles. The average Bonchev–Trinajstić information content (AvgIpc) is 3.14. The fraction of sp³-hybridized carbons (Fsp3) is 0.333. The van der Waals surface area contributed by atoms with Gasteiger partial charge < -0.3 is 0 Å². The molecule has 82 valence electrons. The third kappa shape index (κ3) is 2.10. The first-order valence-corrected chi connectivity index (χ1v) is 7.19. The van der Waals surface area contributed by atoms with Crippen LogP contribution in [0.15, 0.2) is 48.1 Å². The average molecular weight is 322 g/mol. The van der Waals surface area contributed by atoms with Gasteiger partial charge in [0.05, 0.1) is 0 Å². The second-order valence-electron chi connectivity index (χ2n) is 4.67. The van der Waals surface area contributed by atoms with Crippen molar-refractivity contribution in [2.24, 2.45) is 5.92 Å². The highest BCUT2D eigenvalue weighted by Crippen LogP contribution is 2.44. The fourth-order valence-electron chi connectivity index (χ4n) is 2.36. The van der Waals surface area contributed by atoms with Crippen molar-refractivity contribution in [3.8, 4) is 0 Å². The van der Waals surface area contributed by atoms with Crippen molar-refractivity contribution in [1.29, 1.82) is 0 Å². The standard InChI is InChI=1S/C15H15I/c16-15-10-13(11-4-2-1-3-5-11)8-9-14(15)12-6-7-12/h1-5,8-9,12,15H,6-7,10H2. The molecule has 1 unspecified atom stereocenters.